The number of carbonyl (C=O) groups is 2. The summed E-state index contributed by atoms with van der Waals surface area (Å²) in [6.07, 6.45) is 0.700. The number of carbonyl (C=O) groups excluding carboxylic acids is 2. The molecule has 0 aromatic heterocycles. The number of amides is 1. The van der Waals surface area contributed by atoms with Crippen LogP contribution in [0.2, 0.25) is 0 Å². The smallest absolute Gasteiger partial charge is 0.346 e. The third-order valence-corrected chi connectivity index (χ3v) is 4.60. The van der Waals surface area contributed by atoms with E-state index in [1.807, 2.05) is 12.1 Å². The van der Waals surface area contributed by atoms with Crippen LogP contribution in [0.15, 0.2) is 82.4 Å². The molecule has 0 bridgehead atoms. The Morgan fingerprint density at radius 1 is 1.00 bits per heavy atom. The quantitative estimate of drug-likeness (QED) is 0.227. The minimum atomic E-state index is -0.786. The summed E-state index contributed by atoms with van der Waals surface area (Å²) in [6, 6.07) is 19.1. The molecule has 0 aliphatic rings. The van der Waals surface area contributed by atoms with Crippen molar-refractivity contribution in [3.05, 3.63) is 94.2 Å². The molecule has 0 unspecified atom stereocenters. The van der Waals surface area contributed by atoms with Crippen molar-refractivity contribution in [2.24, 2.45) is 5.10 Å². The van der Waals surface area contributed by atoms with Gasteiger partial charge in [0.05, 0.1) is 11.8 Å². The first-order valence-electron chi connectivity index (χ1n) is 9.24. The van der Waals surface area contributed by atoms with Crippen molar-refractivity contribution in [1.29, 1.82) is 0 Å². The van der Waals surface area contributed by atoms with Crippen molar-refractivity contribution in [1.82, 2.24) is 5.43 Å². The monoisotopic (exact) mass is 484 g/mol. The summed E-state index contributed by atoms with van der Waals surface area (Å²) in [5.74, 6) is -1.02. The van der Waals surface area contributed by atoms with E-state index in [1.165, 1.54) is 24.4 Å². The first kappa shape index (κ1) is 22.2. The van der Waals surface area contributed by atoms with E-state index in [-0.39, 0.29) is 11.3 Å². The van der Waals surface area contributed by atoms with Gasteiger partial charge in [-0.05, 0) is 73.2 Å². The zero-order chi connectivity index (χ0) is 22.2. The van der Waals surface area contributed by atoms with Crippen molar-refractivity contribution in [3.8, 4) is 11.5 Å². The van der Waals surface area contributed by atoms with Crippen LogP contribution in [0.1, 0.15) is 22.8 Å². The molecule has 6 nitrogen and oxygen atoms in total. The van der Waals surface area contributed by atoms with Gasteiger partial charge in [-0.3, -0.25) is 4.79 Å². The maximum atomic E-state index is 13.6. The second-order valence-electron chi connectivity index (χ2n) is 6.39. The van der Waals surface area contributed by atoms with E-state index in [4.69, 9.17) is 9.47 Å². The first-order valence-corrected chi connectivity index (χ1v) is 10.0. The zero-order valence-electron chi connectivity index (χ0n) is 16.4. The van der Waals surface area contributed by atoms with Crippen LogP contribution in [0.4, 0.5) is 4.39 Å². The average molecular weight is 485 g/mol. The summed E-state index contributed by atoms with van der Waals surface area (Å²) >= 11 is 3.33. The van der Waals surface area contributed by atoms with Crippen LogP contribution in [-0.4, -0.2) is 24.2 Å². The molecule has 0 saturated carbocycles. The lowest BCUT2D eigenvalue weighted by Crippen LogP contribution is -2.33. The Morgan fingerprint density at radius 3 is 2.32 bits per heavy atom. The highest BCUT2D eigenvalue weighted by molar-refractivity contribution is 9.10. The summed E-state index contributed by atoms with van der Waals surface area (Å²) < 4.78 is 25.3. The fraction of sp³-hybridized carbons (Fsp3) is 0.0870. The Kier molecular flexibility index (Phi) is 7.50. The molecule has 0 heterocycles. The minimum Gasteiger partial charge on any atom is -0.481 e. The minimum absolute atomic E-state index is 0.143. The number of hydrogen-bond donors (Lipinski definition) is 1. The molecule has 0 spiro atoms. The summed E-state index contributed by atoms with van der Waals surface area (Å²) in [5.41, 5.74) is 2.92. The van der Waals surface area contributed by atoms with E-state index in [0.717, 1.165) is 4.47 Å². The Balaban J connectivity index is 1.51. The number of rotatable bonds is 7. The number of ether oxygens (including phenoxy) is 2. The number of nitrogens with one attached hydrogen (secondary N) is 1. The lowest BCUT2D eigenvalue weighted by atomic mass is 10.2. The summed E-state index contributed by atoms with van der Waals surface area (Å²) in [4.78, 5) is 24.1. The molecule has 1 amide bonds. The lowest BCUT2D eigenvalue weighted by Gasteiger charge is -2.12. The zero-order valence-corrected chi connectivity index (χ0v) is 18.0. The molecule has 0 radical (unpaired) electrons. The molecule has 31 heavy (non-hydrogen) atoms. The Labute approximate surface area is 186 Å². The predicted molar refractivity (Wildman–Crippen MR) is 118 cm³/mol. The van der Waals surface area contributed by atoms with Gasteiger partial charge in [-0.2, -0.15) is 5.10 Å². The van der Waals surface area contributed by atoms with E-state index in [1.54, 1.807) is 49.4 Å². The second-order valence-corrected chi connectivity index (χ2v) is 7.30. The fourth-order valence-corrected chi connectivity index (χ4v) is 2.71. The molecule has 8 heteroatoms. The van der Waals surface area contributed by atoms with Gasteiger partial charge in [0.2, 0.25) is 0 Å². The largest absolute Gasteiger partial charge is 0.481 e. The molecule has 0 saturated heterocycles. The number of hydrogen-bond acceptors (Lipinski definition) is 5. The SMILES string of the molecule is C[C@H](Oc1ccc(Br)cc1)C(=O)N/N=C\c1ccc(OC(=O)c2ccccc2F)cc1. The van der Waals surface area contributed by atoms with Crippen LogP contribution in [0.5, 0.6) is 11.5 Å². The van der Waals surface area contributed by atoms with E-state index in [0.29, 0.717) is 11.3 Å². The number of hydrazone groups is 1. The van der Waals surface area contributed by atoms with Gasteiger partial charge in [-0.1, -0.05) is 28.1 Å². The van der Waals surface area contributed by atoms with Crippen molar-refractivity contribution in [3.63, 3.8) is 0 Å². The van der Waals surface area contributed by atoms with Gasteiger partial charge in [-0.25, -0.2) is 14.6 Å². The third-order valence-electron chi connectivity index (χ3n) is 4.07. The van der Waals surface area contributed by atoms with Crippen LogP contribution in [-0.2, 0) is 4.79 Å². The molecular weight excluding hydrogens is 467 g/mol. The number of benzene rings is 3. The highest BCUT2D eigenvalue weighted by Gasteiger charge is 2.14. The second kappa shape index (κ2) is 10.5. The van der Waals surface area contributed by atoms with E-state index >= 15 is 0 Å². The molecule has 3 rings (SSSR count). The molecule has 0 aliphatic carbocycles. The topological polar surface area (TPSA) is 77.0 Å². The average Bonchev–Trinajstić information content (AvgIpc) is 2.76. The van der Waals surface area contributed by atoms with Gasteiger partial charge in [0.1, 0.15) is 17.3 Å². The number of nitrogens with zero attached hydrogens (tertiary/aromatic N) is 1. The summed E-state index contributed by atoms with van der Waals surface area (Å²) in [6.45, 7) is 1.62. The third kappa shape index (κ3) is 6.48. The van der Waals surface area contributed by atoms with E-state index in [2.05, 4.69) is 26.5 Å². The number of halogens is 2. The van der Waals surface area contributed by atoms with Crippen LogP contribution in [0.3, 0.4) is 0 Å². The maximum Gasteiger partial charge on any atom is 0.346 e. The standard InChI is InChI=1S/C23H18BrFN2O4/c1-15(30-18-12-8-17(24)9-13-18)22(28)27-26-14-16-6-10-19(11-7-16)31-23(29)20-4-2-3-5-21(20)25/h2-15H,1H3,(H,27,28)/b26-14-/t15-/m0/s1. The van der Waals surface area contributed by atoms with Crippen molar-refractivity contribution >= 4 is 34.0 Å². The Hall–Kier alpha value is -3.52. The van der Waals surface area contributed by atoms with Crippen LogP contribution in [0.25, 0.3) is 0 Å². The molecule has 3 aromatic rings. The molecule has 0 fully saturated rings. The normalized spacial score (nSPS) is 11.7. The predicted octanol–water partition coefficient (Wildman–Crippen LogP) is 4.73. The van der Waals surface area contributed by atoms with Crippen molar-refractivity contribution < 1.29 is 23.5 Å². The van der Waals surface area contributed by atoms with E-state index < -0.39 is 23.8 Å². The van der Waals surface area contributed by atoms with Gasteiger partial charge in [0.15, 0.2) is 6.10 Å². The molecule has 1 atom stereocenters. The Morgan fingerprint density at radius 2 is 1.65 bits per heavy atom. The van der Waals surface area contributed by atoms with Crippen LogP contribution >= 0.6 is 15.9 Å². The summed E-state index contributed by atoms with van der Waals surface area (Å²) in [5, 5.41) is 3.90. The van der Waals surface area contributed by atoms with Crippen LogP contribution < -0.4 is 14.9 Å². The lowest BCUT2D eigenvalue weighted by molar-refractivity contribution is -0.127. The summed E-state index contributed by atoms with van der Waals surface area (Å²) in [7, 11) is 0. The maximum absolute atomic E-state index is 13.6. The van der Waals surface area contributed by atoms with Gasteiger partial charge < -0.3 is 9.47 Å². The fourth-order valence-electron chi connectivity index (χ4n) is 2.44. The van der Waals surface area contributed by atoms with Crippen molar-refractivity contribution in [2.45, 2.75) is 13.0 Å². The van der Waals surface area contributed by atoms with Gasteiger partial charge in [0, 0.05) is 4.47 Å². The number of esters is 1. The molecular formula is C23H18BrFN2O4. The van der Waals surface area contributed by atoms with Gasteiger partial charge in [-0.15, -0.1) is 0 Å². The van der Waals surface area contributed by atoms with Gasteiger partial charge in [0.25, 0.3) is 5.91 Å². The highest BCUT2D eigenvalue weighted by atomic mass is 79.9. The first-order chi connectivity index (χ1) is 14.9. The molecule has 158 valence electrons. The van der Waals surface area contributed by atoms with Crippen molar-refractivity contribution in [2.75, 3.05) is 0 Å². The molecule has 1 N–H and O–H groups in total. The van der Waals surface area contributed by atoms with E-state index in [9.17, 15) is 14.0 Å². The van der Waals surface area contributed by atoms with Gasteiger partial charge >= 0.3 is 5.97 Å². The van der Waals surface area contributed by atoms with Crippen LogP contribution in [0, 0.1) is 5.82 Å². The highest BCUT2D eigenvalue weighted by Crippen LogP contribution is 2.17. The molecule has 3 aromatic carbocycles. The Bertz CT molecular complexity index is 1090. The molecule has 0 aliphatic heterocycles.